The summed E-state index contributed by atoms with van der Waals surface area (Å²) in [6, 6.07) is 0. The van der Waals surface area contributed by atoms with Gasteiger partial charge in [-0.1, -0.05) is 20.8 Å². The molecule has 0 heterocycles. The van der Waals surface area contributed by atoms with Crippen molar-refractivity contribution in [2.24, 2.45) is 5.41 Å². The van der Waals surface area contributed by atoms with E-state index in [-0.39, 0.29) is 5.41 Å². The maximum Gasteiger partial charge on any atom is 0.0317 e. The predicted molar refractivity (Wildman–Crippen MR) is 35.6 cm³/mol. The van der Waals surface area contributed by atoms with Gasteiger partial charge in [-0.3, -0.25) is 0 Å². The van der Waals surface area contributed by atoms with Crippen LogP contribution in [0.2, 0.25) is 0 Å². The quantitative estimate of drug-likeness (QED) is 0.358. The van der Waals surface area contributed by atoms with Crippen LogP contribution in [0.3, 0.4) is 0 Å². The number of hydrogen-bond acceptors (Lipinski definition) is 3. The second-order valence-electron chi connectivity index (χ2n) is 2.90. The molecule has 0 radical (unpaired) electrons. The zero-order valence-corrected chi connectivity index (χ0v) is 6.29. The normalized spacial score (nSPS) is 12.0. The Labute approximate surface area is 54.4 Å². The zero-order chi connectivity index (χ0) is 6.62. The Bertz CT molecular complexity index is 57.9. The third-order valence-corrected chi connectivity index (χ3v) is 1.63. The monoisotopic (exact) mass is 136 g/mol. The first-order valence-corrected chi connectivity index (χ1v) is 3.40. The van der Waals surface area contributed by atoms with Crippen LogP contribution in [0, 0.1) is 5.41 Å². The second-order valence-corrected chi connectivity index (χ2v) is 3.57. The van der Waals surface area contributed by atoms with Crippen molar-refractivity contribution in [3.63, 3.8) is 0 Å². The van der Waals surface area contributed by atoms with E-state index in [1.807, 2.05) is 0 Å². The Morgan fingerprint density at radius 3 is 2.12 bits per heavy atom. The summed E-state index contributed by atoms with van der Waals surface area (Å²) in [4.78, 5) is 0. The van der Waals surface area contributed by atoms with Crippen LogP contribution in [0.15, 0.2) is 0 Å². The minimum atomic E-state index is 0.230. The van der Waals surface area contributed by atoms with Crippen LogP contribution < -0.4 is 0 Å². The summed E-state index contributed by atoms with van der Waals surface area (Å²) >= 11 is 1.07. The standard InChI is InChI=1S/C5H12O2S/c1-5(2,3)4-8-7-6/h6H,4H2,1-3H3. The van der Waals surface area contributed by atoms with E-state index in [2.05, 4.69) is 25.1 Å². The summed E-state index contributed by atoms with van der Waals surface area (Å²) in [7, 11) is 0. The Morgan fingerprint density at radius 2 is 2.00 bits per heavy atom. The summed E-state index contributed by atoms with van der Waals surface area (Å²) in [6.07, 6.45) is 0. The molecule has 0 fully saturated rings. The van der Waals surface area contributed by atoms with Crippen molar-refractivity contribution >= 4 is 12.0 Å². The molecule has 0 rings (SSSR count). The van der Waals surface area contributed by atoms with E-state index in [1.54, 1.807) is 0 Å². The molecule has 0 spiro atoms. The molecule has 0 aliphatic rings. The molecule has 0 saturated heterocycles. The first-order chi connectivity index (χ1) is 3.56. The molecule has 0 aromatic heterocycles. The van der Waals surface area contributed by atoms with E-state index in [1.165, 1.54) is 0 Å². The van der Waals surface area contributed by atoms with Crippen LogP contribution in [-0.2, 0) is 4.33 Å². The highest BCUT2D eigenvalue weighted by Gasteiger charge is 2.09. The zero-order valence-electron chi connectivity index (χ0n) is 5.47. The van der Waals surface area contributed by atoms with Crippen molar-refractivity contribution in [2.75, 3.05) is 5.75 Å². The van der Waals surface area contributed by atoms with Crippen molar-refractivity contribution in [2.45, 2.75) is 20.8 Å². The maximum atomic E-state index is 7.89. The van der Waals surface area contributed by atoms with Crippen molar-refractivity contribution in [3.8, 4) is 0 Å². The third-order valence-electron chi connectivity index (χ3n) is 0.545. The van der Waals surface area contributed by atoms with E-state index in [4.69, 9.17) is 5.26 Å². The second kappa shape index (κ2) is 3.33. The summed E-state index contributed by atoms with van der Waals surface area (Å²) in [5, 5.41) is 7.89. The summed E-state index contributed by atoms with van der Waals surface area (Å²) in [6.45, 7) is 6.25. The van der Waals surface area contributed by atoms with Crippen molar-refractivity contribution < 1.29 is 9.59 Å². The van der Waals surface area contributed by atoms with E-state index in [9.17, 15) is 0 Å². The molecule has 0 saturated carbocycles. The van der Waals surface area contributed by atoms with Gasteiger partial charge in [0.05, 0.1) is 0 Å². The summed E-state index contributed by atoms with van der Waals surface area (Å²) < 4.78 is 3.83. The Morgan fingerprint density at radius 1 is 1.50 bits per heavy atom. The van der Waals surface area contributed by atoms with Crippen LogP contribution in [0.4, 0.5) is 0 Å². The fourth-order valence-electron chi connectivity index (χ4n) is 0.203. The molecule has 0 atom stereocenters. The average Bonchev–Trinajstić information content (AvgIpc) is 1.59. The van der Waals surface area contributed by atoms with Gasteiger partial charge in [-0.25, -0.2) is 5.26 Å². The van der Waals surface area contributed by atoms with Gasteiger partial charge < -0.3 is 0 Å². The highest BCUT2D eigenvalue weighted by Crippen LogP contribution is 2.19. The molecule has 1 N–H and O–H groups in total. The van der Waals surface area contributed by atoms with Crippen LogP contribution in [-0.4, -0.2) is 11.0 Å². The first-order valence-electron chi connectivity index (χ1n) is 2.49. The fraction of sp³-hybridized carbons (Fsp3) is 1.00. The van der Waals surface area contributed by atoms with Crippen LogP contribution in [0.25, 0.3) is 0 Å². The molecule has 0 unspecified atom stereocenters. The Hall–Kier alpha value is 0.270. The molecule has 50 valence electrons. The molecule has 0 aromatic rings. The maximum absolute atomic E-state index is 7.89. The van der Waals surface area contributed by atoms with Crippen molar-refractivity contribution in [1.82, 2.24) is 0 Å². The van der Waals surface area contributed by atoms with Crippen molar-refractivity contribution in [1.29, 1.82) is 0 Å². The average molecular weight is 136 g/mol. The van der Waals surface area contributed by atoms with Gasteiger partial charge in [0, 0.05) is 17.8 Å². The van der Waals surface area contributed by atoms with Gasteiger partial charge in [0.2, 0.25) is 0 Å². The van der Waals surface area contributed by atoms with Crippen molar-refractivity contribution in [3.05, 3.63) is 0 Å². The van der Waals surface area contributed by atoms with Gasteiger partial charge in [-0.2, -0.15) is 4.33 Å². The molecule has 0 aliphatic carbocycles. The molecule has 8 heavy (non-hydrogen) atoms. The lowest BCUT2D eigenvalue weighted by Crippen LogP contribution is -2.07. The smallest absolute Gasteiger partial charge is 0.0317 e. The molecule has 0 bridgehead atoms. The van der Waals surface area contributed by atoms with Gasteiger partial charge in [-0.05, 0) is 5.41 Å². The SMILES string of the molecule is CC(C)(C)CSOO. The minimum absolute atomic E-state index is 0.230. The summed E-state index contributed by atoms with van der Waals surface area (Å²) in [5.74, 6) is 0.809. The number of hydrogen-bond donors (Lipinski definition) is 1. The first kappa shape index (κ1) is 8.27. The van der Waals surface area contributed by atoms with Gasteiger partial charge >= 0.3 is 0 Å². The highest BCUT2D eigenvalue weighted by molar-refractivity contribution is 7.94. The molecular weight excluding hydrogens is 124 g/mol. The van der Waals surface area contributed by atoms with Crippen LogP contribution in [0.1, 0.15) is 20.8 Å². The van der Waals surface area contributed by atoms with E-state index in [0.717, 1.165) is 17.8 Å². The lowest BCUT2D eigenvalue weighted by Gasteiger charge is -2.14. The van der Waals surface area contributed by atoms with Crippen LogP contribution in [0.5, 0.6) is 0 Å². The molecular formula is C5H12O2S. The topological polar surface area (TPSA) is 29.5 Å². The summed E-state index contributed by atoms with van der Waals surface area (Å²) in [5.41, 5.74) is 0.230. The molecule has 0 aliphatic heterocycles. The van der Waals surface area contributed by atoms with Gasteiger partial charge in [0.25, 0.3) is 0 Å². The van der Waals surface area contributed by atoms with Gasteiger partial charge in [0.1, 0.15) is 0 Å². The third kappa shape index (κ3) is 6.27. The fourth-order valence-corrected chi connectivity index (χ4v) is 0.609. The van der Waals surface area contributed by atoms with E-state index in [0.29, 0.717) is 0 Å². The lowest BCUT2D eigenvalue weighted by atomic mass is 10.0. The molecule has 0 amide bonds. The van der Waals surface area contributed by atoms with E-state index >= 15 is 0 Å². The highest BCUT2D eigenvalue weighted by atomic mass is 32.2. The molecule has 2 nitrogen and oxygen atoms in total. The molecule has 0 aromatic carbocycles. The van der Waals surface area contributed by atoms with Gasteiger partial charge in [-0.15, -0.1) is 0 Å². The Kier molecular flexibility index (Phi) is 3.44. The van der Waals surface area contributed by atoms with Gasteiger partial charge in [0.15, 0.2) is 0 Å². The lowest BCUT2D eigenvalue weighted by molar-refractivity contribution is -0.116. The van der Waals surface area contributed by atoms with E-state index < -0.39 is 0 Å². The van der Waals surface area contributed by atoms with Crippen LogP contribution >= 0.6 is 12.0 Å². The minimum Gasteiger partial charge on any atom is -0.239 e. The predicted octanol–water partition coefficient (Wildman–Crippen LogP) is 2.17. The Balaban J connectivity index is 3.11. The largest absolute Gasteiger partial charge is 0.239 e. The molecule has 3 heteroatoms. The number of rotatable bonds is 2.